The van der Waals surface area contributed by atoms with E-state index in [-0.39, 0.29) is 18.4 Å². The van der Waals surface area contributed by atoms with Gasteiger partial charge in [-0.25, -0.2) is 8.42 Å². The van der Waals surface area contributed by atoms with Crippen molar-refractivity contribution >= 4 is 15.7 Å². The molecule has 1 N–H and O–H groups in total. The number of sulfone groups is 1. The molecule has 4 rings (SSSR count). The summed E-state index contributed by atoms with van der Waals surface area (Å²) in [6, 6.07) is 6.81. The fourth-order valence-corrected chi connectivity index (χ4v) is 6.54. The fraction of sp³-hybridized carbons (Fsp3) is 0.458. The Morgan fingerprint density at radius 3 is 2.49 bits per heavy atom. The topological polar surface area (TPSA) is 109 Å². The zero-order chi connectivity index (χ0) is 25.6. The van der Waals surface area contributed by atoms with Crippen LogP contribution in [-0.4, -0.2) is 43.3 Å². The van der Waals surface area contributed by atoms with Gasteiger partial charge in [0.25, 0.3) is 0 Å². The van der Waals surface area contributed by atoms with E-state index in [0.29, 0.717) is 18.4 Å². The number of nitrogens with zero attached hydrogens (tertiary/aromatic N) is 2. The van der Waals surface area contributed by atoms with Crippen LogP contribution in [0.1, 0.15) is 36.8 Å². The number of aromatic nitrogens is 1. The summed E-state index contributed by atoms with van der Waals surface area (Å²) in [5.41, 5.74) is -0.839. The number of alkyl halides is 3. The number of nitriles is 1. The standard InChI is InChI=1S/C24H24F3N3O4S/c1-14-7-16(12-29-11-14)15-3-4-21(19(8-15)24(25,26)27)35(32,33)17-9-18(20(10-17)34-2)22(31)30-23(13-28)5-6-23/h3-4,7-8,11-12,17-18,20H,5-6,9-10H2,1-2H3,(H,30,31)/t17-,18-,20-/m0/s1. The van der Waals surface area contributed by atoms with Crippen LogP contribution in [0.5, 0.6) is 0 Å². The number of aryl methyl sites for hydroxylation is 1. The van der Waals surface area contributed by atoms with E-state index in [1.165, 1.54) is 19.4 Å². The SMILES string of the molecule is CO[C@H]1C[C@@H](S(=O)(=O)c2ccc(-c3cncc(C)c3)cc2C(F)(F)F)C[C@@H]1C(=O)NC1(C#N)CC1. The lowest BCUT2D eigenvalue weighted by molar-refractivity contribution is -0.139. The van der Waals surface area contributed by atoms with Gasteiger partial charge in [0.1, 0.15) is 5.54 Å². The molecule has 2 fully saturated rings. The van der Waals surface area contributed by atoms with Crippen LogP contribution in [0, 0.1) is 24.2 Å². The number of methoxy groups -OCH3 is 1. The molecular weight excluding hydrogens is 483 g/mol. The Hall–Kier alpha value is -2.97. The van der Waals surface area contributed by atoms with Gasteiger partial charge in [0, 0.05) is 25.1 Å². The Labute approximate surface area is 201 Å². The molecule has 3 atom stereocenters. The van der Waals surface area contributed by atoms with E-state index in [9.17, 15) is 31.6 Å². The third kappa shape index (κ3) is 4.90. The highest BCUT2D eigenvalue weighted by Crippen LogP contribution is 2.43. The number of ether oxygens (including phenoxy) is 1. The minimum Gasteiger partial charge on any atom is -0.381 e. The smallest absolute Gasteiger partial charge is 0.381 e. The summed E-state index contributed by atoms with van der Waals surface area (Å²) in [5, 5.41) is 10.6. The lowest BCUT2D eigenvalue weighted by atomic mass is 10.0. The van der Waals surface area contributed by atoms with Crippen molar-refractivity contribution in [2.45, 2.75) is 60.6 Å². The van der Waals surface area contributed by atoms with Gasteiger partial charge in [0.05, 0.1) is 33.8 Å². The number of hydrogen-bond acceptors (Lipinski definition) is 6. The van der Waals surface area contributed by atoms with Gasteiger partial charge in [-0.3, -0.25) is 9.78 Å². The molecule has 2 saturated carbocycles. The average Bonchev–Trinajstić information content (AvgIpc) is 3.43. The molecule has 2 aliphatic rings. The van der Waals surface area contributed by atoms with E-state index in [4.69, 9.17) is 4.74 Å². The molecule has 0 bridgehead atoms. The second-order valence-corrected chi connectivity index (χ2v) is 11.4. The normalized spacial score (nSPS) is 23.5. The molecule has 1 aromatic carbocycles. The molecule has 11 heteroatoms. The molecule has 1 amide bonds. The molecule has 1 heterocycles. The van der Waals surface area contributed by atoms with Crippen molar-refractivity contribution in [3.63, 3.8) is 0 Å². The Morgan fingerprint density at radius 1 is 1.20 bits per heavy atom. The third-order valence-electron chi connectivity index (χ3n) is 6.67. The first-order valence-corrected chi connectivity index (χ1v) is 12.6. The largest absolute Gasteiger partial charge is 0.417 e. The number of benzene rings is 1. The highest BCUT2D eigenvalue weighted by molar-refractivity contribution is 7.92. The minimum atomic E-state index is -4.92. The van der Waals surface area contributed by atoms with Crippen LogP contribution in [-0.2, 0) is 25.5 Å². The Morgan fingerprint density at radius 2 is 1.91 bits per heavy atom. The zero-order valence-corrected chi connectivity index (χ0v) is 19.9. The minimum absolute atomic E-state index is 0.128. The van der Waals surface area contributed by atoms with Crippen LogP contribution in [0.15, 0.2) is 41.6 Å². The molecule has 35 heavy (non-hydrogen) atoms. The van der Waals surface area contributed by atoms with Crippen LogP contribution in [0.2, 0.25) is 0 Å². The number of amides is 1. The quantitative estimate of drug-likeness (QED) is 0.637. The van der Waals surface area contributed by atoms with Gasteiger partial charge in [-0.15, -0.1) is 0 Å². The number of hydrogen-bond donors (Lipinski definition) is 1. The first-order chi connectivity index (χ1) is 16.4. The first kappa shape index (κ1) is 25.1. The van der Waals surface area contributed by atoms with Crippen molar-refractivity contribution in [3.8, 4) is 17.2 Å². The van der Waals surface area contributed by atoms with Gasteiger partial charge >= 0.3 is 6.18 Å². The molecule has 186 valence electrons. The second-order valence-electron chi connectivity index (χ2n) is 9.16. The van der Waals surface area contributed by atoms with Gasteiger partial charge in [-0.05, 0) is 61.9 Å². The third-order valence-corrected chi connectivity index (χ3v) is 8.90. The predicted octanol–water partition coefficient (Wildman–Crippen LogP) is 3.82. The Kier molecular flexibility index (Phi) is 6.40. The highest BCUT2D eigenvalue weighted by Gasteiger charge is 2.51. The predicted molar refractivity (Wildman–Crippen MR) is 120 cm³/mol. The van der Waals surface area contributed by atoms with E-state index in [1.807, 2.05) is 6.07 Å². The van der Waals surface area contributed by atoms with Crippen LogP contribution in [0.25, 0.3) is 11.1 Å². The van der Waals surface area contributed by atoms with E-state index in [0.717, 1.165) is 17.7 Å². The number of halogens is 3. The van der Waals surface area contributed by atoms with Crippen LogP contribution in [0.4, 0.5) is 13.2 Å². The summed E-state index contributed by atoms with van der Waals surface area (Å²) in [4.78, 5) is 15.9. The van der Waals surface area contributed by atoms with Crippen LogP contribution in [0.3, 0.4) is 0 Å². The first-order valence-electron chi connectivity index (χ1n) is 11.0. The van der Waals surface area contributed by atoms with Crippen LogP contribution >= 0.6 is 0 Å². The molecule has 0 radical (unpaired) electrons. The summed E-state index contributed by atoms with van der Waals surface area (Å²) >= 11 is 0. The van der Waals surface area contributed by atoms with E-state index >= 15 is 0 Å². The summed E-state index contributed by atoms with van der Waals surface area (Å²) in [5.74, 6) is -1.41. The maximum atomic E-state index is 14.0. The van der Waals surface area contributed by atoms with Gasteiger partial charge in [-0.1, -0.05) is 6.07 Å². The van der Waals surface area contributed by atoms with E-state index in [1.54, 1.807) is 19.2 Å². The van der Waals surface area contributed by atoms with Crippen molar-refractivity contribution in [2.24, 2.45) is 5.92 Å². The zero-order valence-electron chi connectivity index (χ0n) is 19.1. The maximum absolute atomic E-state index is 14.0. The van der Waals surface area contributed by atoms with Crippen molar-refractivity contribution in [3.05, 3.63) is 47.8 Å². The number of pyridine rings is 1. The van der Waals surface area contributed by atoms with E-state index < -0.39 is 55.2 Å². The van der Waals surface area contributed by atoms with Gasteiger partial charge < -0.3 is 10.1 Å². The summed E-state index contributed by atoms with van der Waals surface area (Å²) in [6.07, 6.45) is -2.07. The van der Waals surface area contributed by atoms with Crippen LogP contribution < -0.4 is 5.32 Å². The van der Waals surface area contributed by atoms with Crippen molar-refractivity contribution < 1.29 is 31.1 Å². The molecule has 2 aliphatic carbocycles. The van der Waals surface area contributed by atoms with Crippen molar-refractivity contribution in [2.75, 3.05) is 7.11 Å². The molecule has 0 spiro atoms. The molecular formula is C24H24F3N3O4S. The monoisotopic (exact) mass is 507 g/mol. The van der Waals surface area contributed by atoms with Crippen molar-refractivity contribution in [1.82, 2.24) is 10.3 Å². The molecule has 7 nitrogen and oxygen atoms in total. The Bertz CT molecular complexity index is 1300. The lowest BCUT2D eigenvalue weighted by Crippen LogP contribution is -2.42. The number of nitrogens with one attached hydrogen (secondary N) is 1. The summed E-state index contributed by atoms with van der Waals surface area (Å²) < 4.78 is 74.3. The van der Waals surface area contributed by atoms with Crippen molar-refractivity contribution in [1.29, 1.82) is 5.26 Å². The number of carbonyl (C=O) groups excluding carboxylic acids is 1. The van der Waals surface area contributed by atoms with Gasteiger partial charge in [0.15, 0.2) is 9.84 Å². The molecule has 2 aromatic rings. The average molecular weight is 508 g/mol. The van der Waals surface area contributed by atoms with Gasteiger partial charge in [0.2, 0.25) is 5.91 Å². The van der Waals surface area contributed by atoms with E-state index in [2.05, 4.69) is 10.3 Å². The lowest BCUT2D eigenvalue weighted by Gasteiger charge is -2.19. The number of rotatable bonds is 6. The maximum Gasteiger partial charge on any atom is 0.417 e. The Balaban J connectivity index is 1.67. The van der Waals surface area contributed by atoms with Gasteiger partial charge in [-0.2, -0.15) is 18.4 Å². The molecule has 0 aliphatic heterocycles. The highest BCUT2D eigenvalue weighted by atomic mass is 32.2. The number of carbonyl (C=O) groups is 1. The second kappa shape index (κ2) is 8.91. The summed E-state index contributed by atoms with van der Waals surface area (Å²) in [6.45, 7) is 1.75. The molecule has 1 aromatic heterocycles. The summed E-state index contributed by atoms with van der Waals surface area (Å²) in [7, 11) is -3.14. The molecule has 0 unspecified atom stereocenters. The fourth-order valence-electron chi connectivity index (χ4n) is 4.53. The molecule has 0 saturated heterocycles.